The van der Waals surface area contributed by atoms with Crippen LogP contribution in [-0.2, 0) is 10.8 Å². The van der Waals surface area contributed by atoms with Crippen LogP contribution in [0.15, 0.2) is 23.6 Å². The number of hydrogen-bond acceptors (Lipinski definition) is 5. The van der Waals surface area contributed by atoms with Crippen LogP contribution in [0.5, 0.6) is 0 Å². The summed E-state index contributed by atoms with van der Waals surface area (Å²) in [7, 11) is 0. The number of rotatable bonds is 6. The molecule has 1 aliphatic heterocycles. The average molecular weight is 456 g/mol. The summed E-state index contributed by atoms with van der Waals surface area (Å²) in [4.78, 5) is 7.50. The van der Waals surface area contributed by atoms with Crippen molar-refractivity contribution >= 4 is 16.5 Å². The summed E-state index contributed by atoms with van der Waals surface area (Å²) in [5.41, 5.74) is 11.8. The van der Waals surface area contributed by atoms with Crippen molar-refractivity contribution in [2.24, 2.45) is 11.7 Å². The monoisotopic (exact) mass is 455 g/mol. The number of thiazole rings is 1. The highest BCUT2D eigenvalue weighted by molar-refractivity contribution is 7.14. The number of aliphatic hydroxyl groups excluding tert-OH is 1. The van der Waals surface area contributed by atoms with Crippen LogP contribution in [0.3, 0.4) is 0 Å². The third-order valence-corrected chi connectivity index (χ3v) is 8.95. The molecule has 1 aromatic heterocycles. The Hall–Kier alpha value is -1.43. The normalized spacial score (nSPS) is 22.4. The lowest BCUT2D eigenvalue weighted by Gasteiger charge is -2.42. The van der Waals surface area contributed by atoms with Crippen molar-refractivity contribution in [3.8, 4) is 11.3 Å². The van der Waals surface area contributed by atoms with E-state index < -0.39 is 6.10 Å². The largest absolute Gasteiger partial charge is 0.392 e. The molecule has 4 rings (SSSR count). The maximum Gasteiger partial charge on any atom is 0.185 e. The average Bonchev–Trinajstić information content (AvgIpc) is 3.26. The Bertz CT molecular complexity index is 925. The number of benzene rings is 1. The molecule has 2 aromatic rings. The zero-order valence-corrected chi connectivity index (χ0v) is 21.3. The Morgan fingerprint density at radius 2 is 1.78 bits per heavy atom. The highest BCUT2D eigenvalue weighted by Gasteiger charge is 2.37. The minimum atomic E-state index is -0.413. The molecule has 0 bridgehead atoms. The zero-order chi connectivity index (χ0) is 23.1. The summed E-state index contributed by atoms with van der Waals surface area (Å²) in [5.74, 6) is 0.710. The Labute approximate surface area is 198 Å². The maximum absolute atomic E-state index is 9.62. The molecule has 3 N–H and O–H groups in total. The summed E-state index contributed by atoms with van der Waals surface area (Å²) in [5, 5.41) is 13.0. The number of anilines is 1. The van der Waals surface area contributed by atoms with Crippen LogP contribution in [0.25, 0.3) is 11.3 Å². The predicted octanol–water partition coefficient (Wildman–Crippen LogP) is 5.86. The minimum absolute atomic E-state index is 0.0956. The molecule has 0 amide bonds. The topological polar surface area (TPSA) is 62.4 Å². The van der Waals surface area contributed by atoms with Gasteiger partial charge in [0.05, 0.1) is 11.8 Å². The van der Waals surface area contributed by atoms with Crippen molar-refractivity contribution in [3.63, 3.8) is 0 Å². The van der Waals surface area contributed by atoms with Gasteiger partial charge in [-0.15, -0.1) is 11.3 Å². The van der Waals surface area contributed by atoms with Gasteiger partial charge in [-0.1, -0.05) is 39.8 Å². The van der Waals surface area contributed by atoms with Gasteiger partial charge in [-0.3, -0.25) is 0 Å². The third kappa shape index (κ3) is 4.90. The summed E-state index contributed by atoms with van der Waals surface area (Å²) in [6, 6.07) is 6.95. The van der Waals surface area contributed by atoms with Crippen LogP contribution < -0.4 is 10.6 Å². The van der Waals surface area contributed by atoms with Crippen molar-refractivity contribution in [2.75, 3.05) is 18.0 Å². The second-order valence-corrected chi connectivity index (χ2v) is 12.3. The molecule has 1 saturated heterocycles. The molecule has 1 aromatic carbocycles. The molecule has 1 aliphatic carbocycles. The Morgan fingerprint density at radius 3 is 2.44 bits per heavy atom. The number of hydrogen-bond donors (Lipinski definition) is 2. The van der Waals surface area contributed by atoms with Crippen molar-refractivity contribution in [2.45, 2.75) is 96.1 Å². The summed E-state index contributed by atoms with van der Waals surface area (Å²) in [6.07, 6.45) is 6.46. The predicted molar refractivity (Wildman–Crippen MR) is 137 cm³/mol. The van der Waals surface area contributed by atoms with E-state index in [1.807, 2.05) is 0 Å². The van der Waals surface area contributed by atoms with E-state index in [0.29, 0.717) is 5.92 Å². The summed E-state index contributed by atoms with van der Waals surface area (Å²) < 4.78 is 0. The molecule has 1 fully saturated rings. The van der Waals surface area contributed by atoms with Crippen LogP contribution in [0.1, 0.15) is 84.3 Å². The molecule has 5 heteroatoms. The molecule has 0 spiro atoms. The van der Waals surface area contributed by atoms with Gasteiger partial charge in [-0.2, -0.15) is 0 Å². The first kappa shape index (κ1) is 23.7. The molecular weight excluding hydrogens is 414 g/mol. The van der Waals surface area contributed by atoms with Gasteiger partial charge >= 0.3 is 0 Å². The third-order valence-electron chi connectivity index (χ3n) is 8.05. The van der Waals surface area contributed by atoms with E-state index in [1.54, 1.807) is 18.3 Å². The van der Waals surface area contributed by atoms with Crippen LogP contribution in [0, 0.1) is 5.92 Å². The fourth-order valence-corrected chi connectivity index (χ4v) is 6.26. The fourth-order valence-electron chi connectivity index (χ4n) is 5.37. The number of piperidine rings is 1. The molecule has 0 radical (unpaired) electrons. The van der Waals surface area contributed by atoms with Gasteiger partial charge in [0, 0.05) is 30.1 Å². The quantitative estimate of drug-likeness (QED) is 0.572. The van der Waals surface area contributed by atoms with Crippen LogP contribution >= 0.6 is 11.3 Å². The van der Waals surface area contributed by atoms with Gasteiger partial charge in [0.25, 0.3) is 0 Å². The van der Waals surface area contributed by atoms with Gasteiger partial charge in [0.15, 0.2) is 5.13 Å². The van der Waals surface area contributed by atoms with Crippen molar-refractivity contribution in [3.05, 3.63) is 34.7 Å². The summed E-state index contributed by atoms with van der Waals surface area (Å²) in [6.45, 7) is 13.4. The van der Waals surface area contributed by atoms with E-state index in [-0.39, 0.29) is 16.9 Å². The first-order valence-corrected chi connectivity index (χ1v) is 13.2. The van der Waals surface area contributed by atoms with E-state index in [9.17, 15) is 5.11 Å². The molecule has 0 unspecified atom stereocenters. The number of nitrogens with zero attached hydrogens (tertiary/aromatic N) is 2. The Morgan fingerprint density at radius 1 is 1.12 bits per heavy atom. The molecule has 4 nitrogen and oxygen atoms in total. The molecule has 0 saturated carbocycles. The van der Waals surface area contributed by atoms with E-state index in [2.05, 4.69) is 56.2 Å². The number of fused-ring (bicyclic) bond motifs is 1. The van der Waals surface area contributed by atoms with Crippen LogP contribution in [0.4, 0.5) is 5.13 Å². The first-order chi connectivity index (χ1) is 15.1. The number of aromatic nitrogens is 1. The molecule has 176 valence electrons. The van der Waals surface area contributed by atoms with Crippen molar-refractivity contribution in [1.82, 2.24) is 4.98 Å². The van der Waals surface area contributed by atoms with E-state index in [0.717, 1.165) is 36.8 Å². The Balaban J connectivity index is 1.43. The SMILES string of the molecule is C[C@@H](O)[C@H](N)CCC1CCN(c2nc(-c3ccc4c(c3)C(C)(C)CCC4(C)C)cs2)CC1. The van der Waals surface area contributed by atoms with Crippen LogP contribution in [0.2, 0.25) is 0 Å². The Kier molecular flexibility index (Phi) is 6.73. The molecule has 2 aliphatic rings. The smallest absolute Gasteiger partial charge is 0.185 e. The molecule has 2 heterocycles. The van der Waals surface area contributed by atoms with Gasteiger partial charge in [-0.05, 0) is 79.4 Å². The van der Waals surface area contributed by atoms with Gasteiger partial charge < -0.3 is 15.7 Å². The molecule has 2 atom stereocenters. The van der Waals surface area contributed by atoms with Gasteiger partial charge in [-0.25, -0.2) is 4.98 Å². The van der Waals surface area contributed by atoms with Crippen LogP contribution in [-0.4, -0.2) is 35.3 Å². The fraction of sp³-hybridized carbons (Fsp3) is 0.667. The summed E-state index contributed by atoms with van der Waals surface area (Å²) >= 11 is 1.77. The van der Waals surface area contributed by atoms with E-state index >= 15 is 0 Å². The lowest BCUT2D eigenvalue weighted by atomic mass is 9.63. The number of nitrogens with two attached hydrogens (primary N) is 1. The van der Waals surface area contributed by atoms with Gasteiger partial charge in [0.1, 0.15) is 0 Å². The second kappa shape index (κ2) is 9.08. The standard InChI is InChI=1S/C27H41N3OS/c1-18(31)23(28)9-6-19-10-14-30(15-11-19)25-29-24(17-32-25)20-7-8-21-22(16-20)27(4,5)13-12-26(21,2)3/h7-8,16-19,23,31H,6,9-15,28H2,1-5H3/t18-,23-/m1/s1. The maximum atomic E-state index is 9.62. The molecule has 32 heavy (non-hydrogen) atoms. The highest BCUT2D eigenvalue weighted by atomic mass is 32.1. The molecular formula is C27H41N3OS. The van der Waals surface area contributed by atoms with Crippen molar-refractivity contribution in [1.29, 1.82) is 0 Å². The lowest BCUT2D eigenvalue weighted by molar-refractivity contribution is 0.153. The lowest BCUT2D eigenvalue weighted by Crippen LogP contribution is -2.36. The zero-order valence-electron chi connectivity index (χ0n) is 20.5. The van der Waals surface area contributed by atoms with Gasteiger partial charge in [0.2, 0.25) is 0 Å². The second-order valence-electron chi connectivity index (χ2n) is 11.5. The van der Waals surface area contributed by atoms with E-state index in [4.69, 9.17) is 10.7 Å². The van der Waals surface area contributed by atoms with Crippen molar-refractivity contribution < 1.29 is 5.11 Å². The number of aliphatic hydroxyl groups is 1. The van der Waals surface area contributed by atoms with E-state index in [1.165, 1.54) is 42.4 Å². The minimum Gasteiger partial charge on any atom is -0.392 e. The highest BCUT2D eigenvalue weighted by Crippen LogP contribution is 2.47. The first-order valence-electron chi connectivity index (χ1n) is 12.4.